The molecule has 0 aromatic carbocycles. The molecule has 2 radical (unpaired) electrons. The largest absolute Gasteiger partial charge is 0.566 e. The Morgan fingerprint density at radius 2 is 2.06 bits per heavy atom. The van der Waals surface area contributed by atoms with Crippen LogP contribution in [-0.2, 0) is 39.0 Å². The number of aliphatic hydroxyl groups is 2. The van der Waals surface area contributed by atoms with Crippen molar-refractivity contribution in [3.8, 4) is 5.88 Å². The molecule has 7 heteroatoms. The first-order valence-corrected chi connectivity index (χ1v) is 5.28. The minimum Gasteiger partial charge on any atom is -0.566 e. The fraction of sp³-hybridized carbons (Fsp3) is 0.636. The molecule has 3 atom stereocenters. The maximum atomic E-state index is 9.60. The molecule has 0 saturated heterocycles. The summed E-state index contributed by atoms with van der Waals surface area (Å²) in [6.45, 7) is 1.77. The minimum atomic E-state index is -0.498. The summed E-state index contributed by atoms with van der Waals surface area (Å²) < 4.78 is 5.55. The molecule has 5 nitrogen and oxygen atoms in total. The molecule has 0 aliphatic heterocycles. The fourth-order valence-corrected chi connectivity index (χ4v) is 1.91. The molecule has 18 heavy (non-hydrogen) atoms. The zero-order valence-corrected chi connectivity index (χ0v) is 13.0. The van der Waals surface area contributed by atoms with E-state index < -0.39 is 6.10 Å². The van der Waals surface area contributed by atoms with Crippen molar-refractivity contribution in [1.29, 1.82) is 0 Å². The maximum Gasteiger partial charge on any atom is 0.0831 e. The van der Waals surface area contributed by atoms with E-state index >= 15 is 0 Å². The molecule has 1 aromatic heterocycles. The molecule has 0 bridgehead atoms. The van der Waals surface area contributed by atoms with Gasteiger partial charge in [-0.1, -0.05) is 5.88 Å². The molecule has 0 amide bonds. The van der Waals surface area contributed by atoms with Gasteiger partial charge in [0.2, 0.25) is 0 Å². The third-order valence-electron chi connectivity index (χ3n) is 2.78. The molecule has 0 unspecified atom stereocenters. The molecule has 1 aliphatic carbocycles. The van der Waals surface area contributed by atoms with E-state index in [1.807, 2.05) is 0 Å². The van der Waals surface area contributed by atoms with Crippen molar-refractivity contribution < 1.29 is 53.9 Å². The molecule has 1 fully saturated rings. The molecule has 1 saturated carbocycles. The number of aryl methyl sites for hydroxylation is 1. The van der Waals surface area contributed by atoms with Gasteiger partial charge in [-0.05, 0) is 6.42 Å². The zero-order valence-electron chi connectivity index (χ0n) is 9.72. The molecule has 1 heterocycles. The van der Waals surface area contributed by atoms with Crippen LogP contribution in [0.3, 0.4) is 0 Å². The van der Waals surface area contributed by atoms with E-state index in [0.717, 1.165) is 0 Å². The maximum absolute atomic E-state index is 9.60. The summed E-state index contributed by atoms with van der Waals surface area (Å²) in [4.78, 5) is 7.62. The second-order valence-electron chi connectivity index (χ2n) is 4.06. The van der Waals surface area contributed by atoms with Crippen LogP contribution < -0.4 is 4.74 Å². The average Bonchev–Trinajstić information content (AvgIpc) is 2.58. The Kier molecular flexibility index (Phi) is 8.29. The number of hydrogen-bond donors (Lipinski definition) is 2. The summed E-state index contributed by atoms with van der Waals surface area (Å²) in [5.41, 5.74) is 0.669. The van der Waals surface area contributed by atoms with Crippen molar-refractivity contribution in [2.75, 3.05) is 6.61 Å². The van der Waals surface area contributed by atoms with Crippen molar-refractivity contribution in [2.24, 2.45) is 5.92 Å². The summed E-state index contributed by atoms with van der Waals surface area (Å²) in [6, 6.07) is 2.86. The van der Waals surface area contributed by atoms with Gasteiger partial charge in [0.25, 0.3) is 0 Å². The van der Waals surface area contributed by atoms with Gasteiger partial charge in [0.15, 0.2) is 0 Å². The van der Waals surface area contributed by atoms with Crippen molar-refractivity contribution in [3.63, 3.8) is 0 Å². The molecular formula is C11H14N2O3Rh2-2. The van der Waals surface area contributed by atoms with Gasteiger partial charge >= 0.3 is 0 Å². The average molecular weight is 428 g/mol. The first-order valence-electron chi connectivity index (χ1n) is 5.28. The van der Waals surface area contributed by atoms with Gasteiger partial charge in [-0.3, -0.25) is 0 Å². The molecule has 1 aromatic rings. The number of rotatable bonds is 3. The van der Waals surface area contributed by atoms with Crippen LogP contribution in [0.25, 0.3) is 0 Å². The first-order chi connectivity index (χ1) is 7.69. The van der Waals surface area contributed by atoms with E-state index in [-0.39, 0.29) is 57.6 Å². The molecule has 0 spiro atoms. The SMILES string of the molecule is Cc1[c-]c(O[C@@H]2C[C@@H](CO)[C@@H](O)C2)n[c-]n1.[Rh].[Rh]. The van der Waals surface area contributed by atoms with Crippen molar-refractivity contribution in [1.82, 2.24) is 9.97 Å². The zero-order chi connectivity index (χ0) is 11.5. The van der Waals surface area contributed by atoms with Gasteiger partial charge in [-0.15, -0.1) is 6.92 Å². The number of ether oxygens (including phenoxy) is 1. The van der Waals surface area contributed by atoms with Gasteiger partial charge < -0.3 is 31.0 Å². The standard InChI is InChI=1S/C11H14N2O3.2Rh/c1-7-2-11(13-6-12-7)16-9-3-8(5-14)10(15)4-9;;/h8-10,14-15H,3-5H2,1H3;;/q-2;;/t8-,9+,10-;;/m0../s1. The van der Waals surface area contributed by atoms with E-state index in [2.05, 4.69) is 22.4 Å². The van der Waals surface area contributed by atoms with Gasteiger partial charge in [0.1, 0.15) is 0 Å². The number of nitrogens with zero attached hydrogens (tertiary/aromatic N) is 2. The number of aromatic nitrogens is 2. The quantitative estimate of drug-likeness (QED) is 0.520. The van der Waals surface area contributed by atoms with Crippen LogP contribution in [0.5, 0.6) is 5.88 Å². The van der Waals surface area contributed by atoms with Crippen molar-refractivity contribution in [3.05, 3.63) is 18.1 Å². The predicted molar refractivity (Wildman–Crippen MR) is 54.7 cm³/mol. The summed E-state index contributed by atoms with van der Waals surface area (Å²) >= 11 is 0. The van der Waals surface area contributed by atoms with Crippen LogP contribution in [0.2, 0.25) is 0 Å². The second kappa shape index (κ2) is 8.26. The Morgan fingerprint density at radius 3 is 2.61 bits per heavy atom. The summed E-state index contributed by atoms with van der Waals surface area (Å²) in [7, 11) is 0. The van der Waals surface area contributed by atoms with E-state index in [4.69, 9.17) is 9.84 Å². The normalized spacial score (nSPS) is 26.1. The van der Waals surface area contributed by atoms with Gasteiger partial charge in [-0.2, -0.15) is 0 Å². The van der Waals surface area contributed by atoms with E-state index in [0.29, 0.717) is 24.4 Å². The smallest absolute Gasteiger partial charge is 0.0831 e. The second-order valence-corrected chi connectivity index (χ2v) is 4.06. The molecule has 1 aliphatic rings. The summed E-state index contributed by atoms with van der Waals surface area (Å²) in [6.07, 6.45) is 3.00. The molecular weight excluding hydrogens is 414 g/mol. The van der Waals surface area contributed by atoms with Gasteiger partial charge in [0, 0.05) is 64.2 Å². The van der Waals surface area contributed by atoms with Crippen LogP contribution in [0.1, 0.15) is 18.5 Å². The minimum absolute atomic E-state index is 0. The summed E-state index contributed by atoms with van der Waals surface area (Å²) in [5, 5.41) is 18.6. The molecule has 106 valence electrons. The number of aliphatic hydroxyl groups excluding tert-OH is 2. The monoisotopic (exact) mass is 428 g/mol. The molecule has 2 rings (SSSR count). The first kappa shape index (κ1) is 18.0. The van der Waals surface area contributed by atoms with Crippen molar-refractivity contribution >= 4 is 0 Å². The molecule has 2 N–H and O–H groups in total. The number of hydrogen-bond acceptors (Lipinski definition) is 5. The van der Waals surface area contributed by atoms with Gasteiger partial charge in [0.05, 0.1) is 12.2 Å². The van der Waals surface area contributed by atoms with E-state index in [1.54, 1.807) is 6.92 Å². The summed E-state index contributed by atoms with van der Waals surface area (Å²) in [5.74, 6) is 0.250. The Balaban J connectivity index is 0.00000144. The van der Waals surface area contributed by atoms with E-state index in [1.165, 1.54) is 0 Å². The third kappa shape index (κ3) is 4.62. The topological polar surface area (TPSA) is 75.5 Å². The Hall–Kier alpha value is 0.0468. The van der Waals surface area contributed by atoms with Crippen LogP contribution in [0.15, 0.2) is 0 Å². The fourth-order valence-electron chi connectivity index (χ4n) is 1.91. The van der Waals surface area contributed by atoms with E-state index in [9.17, 15) is 5.11 Å². The van der Waals surface area contributed by atoms with Crippen LogP contribution in [0, 0.1) is 25.2 Å². The van der Waals surface area contributed by atoms with Crippen LogP contribution in [-0.4, -0.2) is 39.0 Å². The Bertz CT molecular complexity index is 368. The van der Waals surface area contributed by atoms with Crippen LogP contribution in [0.4, 0.5) is 0 Å². The Morgan fingerprint density at radius 1 is 1.33 bits per heavy atom. The van der Waals surface area contributed by atoms with Crippen molar-refractivity contribution in [2.45, 2.75) is 32.0 Å². The van der Waals surface area contributed by atoms with Crippen LogP contribution >= 0.6 is 0 Å². The predicted octanol–water partition coefficient (Wildman–Crippen LogP) is -0.109. The third-order valence-corrected chi connectivity index (χ3v) is 2.78. The van der Waals surface area contributed by atoms with Gasteiger partial charge in [-0.25, -0.2) is 5.69 Å². The Labute approximate surface area is 132 Å².